The van der Waals surface area contributed by atoms with Crippen LogP contribution in [0, 0.1) is 13.8 Å². The van der Waals surface area contributed by atoms with Gasteiger partial charge in [0, 0.05) is 18.0 Å². The maximum atomic E-state index is 12.7. The van der Waals surface area contributed by atoms with E-state index >= 15 is 0 Å². The minimum atomic E-state index is 0.00675. The molecular weight excluding hydrogens is 312 g/mol. The van der Waals surface area contributed by atoms with E-state index in [9.17, 15) is 4.79 Å². The Hall–Kier alpha value is -2.08. The van der Waals surface area contributed by atoms with Crippen molar-refractivity contribution in [2.45, 2.75) is 26.8 Å². The Morgan fingerprint density at radius 3 is 2.39 bits per heavy atom. The number of aromatic nitrogens is 1. The van der Waals surface area contributed by atoms with Crippen LogP contribution in [0.1, 0.15) is 31.5 Å². The highest BCUT2D eigenvalue weighted by molar-refractivity contribution is 7.11. The molecule has 0 saturated carbocycles. The number of hydrogen-bond donors (Lipinski definition) is 0. The van der Waals surface area contributed by atoms with Gasteiger partial charge in [-0.1, -0.05) is 0 Å². The molecule has 5 nitrogen and oxygen atoms in total. The van der Waals surface area contributed by atoms with Crippen molar-refractivity contribution in [1.82, 2.24) is 9.88 Å². The molecule has 0 radical (unpaired) electrons. The second-order valence-corrected chi connectivity index (χ2v) is 7.00. The highest BCUT2D eigenvalue weighted by Gasteiger charge is 2.26. The van der Waals surface area contributed by atoms with Gasteiger partial charge in [-0.2, -0.15) is 0 Å². The van der Waals surface area contributed by atoms with Gasteiger partial charge in [0.15, 0.2) is 11.5 Å². The summed E-state index contributed by atoms with van der Waals surface area (Å²) >= 11 is 1.56. The van der Waals surface area contributed by atoms with Crippen LogP contribution in [0.15, 0.2) is 12.1 Å². The largest absolute Gasteiger partial charge is 0.493 e. The second kappa shape index (κ2) is 6.20. The molecule has 2 aromatic rings. The highest BCUT2D eigenvalue weighted by Crippen LogP contribution is 2.33. The van der Waals surface area contributed by atoms with Crippen molar-refractivity contribution < 1.29 is 14.3 Å². The lowest BCUT2D eigenvalue weighted by molar-refractivity contribution is 0.0728. The first-order chi connectivity index (χ1) is 11.0. The van der Waals surface area contributed by atoms with Crippen molar-refractivity contribution >= 4 is 17.2 Å². The predicted molar refractivity (Wildman–Crippen MR) is 89.6 cm³/mol. The number of carbonyl (C=O) groups excluding carboxylic acids is 1. The summed E-state index contributed by atoms with van der Waals surface area (Å²) in [5.41, 5.74) is 2.89. The summed E-state index contributed by atoms with van der Waals surface area (Å²) in [4.78, 5) is 20.0. The van der Waals surface area contributed by atoms with E-state index < -0.39 is 0 Å². The topological polar surface area (TPSA) is 51.7 Å². The molecule has 0 spiro atoms. The molecule has 0 unspecified atom stereocenters. The lowest BCUT2D eigenvalue weighted by atomic mass is 9.98. The summed E-state index contributed by atoms with van der Waals surface area (Å²) in [6, 6.07) is 3.97. The van der Waals surface area contributed by atoms with Gasteiger partial charge in [-0.25, -0.2) is 4.98 Å². The molecule has 0 bridgehead atoms. The molecule has 1 aromatic heterocycles. The summed E-state index contributed by atoms with van der Waals surface area (Å²) in [6.07, 6.45) is 0.809. The molecule has 122 valence electrons. The monoisotopic (exact) mass is 332 g/mol. The van der Waals surface area contributed by atoms with E-state index in [4.69, 9.17) is 9.47 Å². The number of thiazole rings is 1. The molecular formula is C17H20N2O3S. The molecule has 0 fully saturated rings. The van der Waals surface area contributed by atoms with Crippen molar-refractivity contribution in [3.8, 4) is 11.5 Å². The molecule has 1 aliphatic heterocycles. The van der Waals surface area contributed by atoms with Crippen molar-refractivity contribution in [1.29, 1.82) is 0 Å². The quantitative estimate of drug-likeness (QED) is 0.867. The predicted octanol–water partition coefficient (Wildman–Crippen LogP) is 2.98. The fourth-order valence-electron chi connectivity index (χ4n) is 2.93. The molecule has 3 rings (SSSR count). The lowest BCUT2D eigenvalue weighted by Crippen LogP contribution is -2.36. The van der Waals surface area contributed by atoms with Crippen molar-refractivity contribution in [3.05, 3.63) is 38.8 Å². The Morgan fingerprint density at radius 2 is 1.83 bits per heavy atom. The summed E-state index contributed by atoms with van der Waals surface area (Å²) in [6.45, 7) is 5.14. The molecule has 0 aliphatic carbocycles. The molecule has 0 saturated heterocycles. The van der Waals surface area contributed by atoms with E-state index in [0.29, 0.717) is 24.5 Å². The van der Waals surface area contributed by atoms with Gasteiger partial charge in [-0.05, 0) is 43.5 Å². The Bertz CT molecular complexity index is 755. The smallest absolute Gasteiger partial charge is 0.273 e. The second-order valence-electron chi connectivity index (χ2n) is 5.59. The summed E-state index contributed by atoms with van der Waals surface area (Å²) in [7, 11) is 3.26. The number of rotatable bonds is 3. The molecule has 1 aromatic carbocycles. The molecule has 6 heteroatoms. The van der Waals surface area contributed by atoms with Gasteiger partial charge in [0.2, 0.25) is 0 Å². The molecule has 0 atom stereocenters. The summed E-state index contributed by atoms with van der Waals surface area (Å²) < 4.78 is 10.7. The Balaban J connectivity index is 1.87. The SMILES string of the molecule is COc1cc2c(cc1OC)CN(C(=O)c1nc(C)sc1C)CC2. The van der Waals surface area contributed by atoms with Gasteiger partial charge in [0.25, 0.3) is 5.91 Å². The normalized spacial score (nSPS) is 13.7. The molecule has 2 heterocycles. The molecule has 1 aliphatic rings. The van der Waals surface area contributed by atoms with Gasteiger partial charge in [-0.15, -0.1) is 11.3 Å². The number of carbonyl (C=O) groups is 1. The summed E-state index contributed by atoms with van der Waals surface area (Å²) in [5, 5.41) is 0.926. The highest BCUT2D eigenvalue weighted by atomic mass is 32.1. The average Bonchev–Trinajstić information content (AvgIpc) is 2.90. The van der Waals surface area contributed by atoms with Gasteiger partial charge in [0.1, 0.15) is 5.69 Å². The van der Waals surface area contributed by atoms with Crippen LogP contribution < -0.4 is 9.47 Å². The average molecular weight is 332 g/mol. The van der Waals surface area contributed by atoms with E-state index in [1.165, 1.54) is 5.56 Å². The van der Waals surface area contributed by atoms with E-state index in [-0.39, 0.29) is 5.91 Å². The maximum absolute atomic E-state index is 12.7. The van der Waals surface area contributed by atoms with Crippen LogP contribution in [-0.4, -0.2) is 36.6 Å². The van der Waals surface area contributed by atoms with Crippen molar-refractivity contribution in [2.75, 3.05) is 20.8 Å². The zero-order chi connectivity index (χ0) is 16.6. The number of hydrogen-bond acceptors (Lipinski definition) is 5. The van der Waals surface area contributed by atoms with Crippen molar-refractivity contribution in [2.24, 2.45) is 0 Å². The lowest BCUT2D eigenvalue weighted by Gasteiger charge is -2.29. The van der Waals surface area contributed by atoms with Gasteiger partial charge < -0.3 is 14.4 Å². The van der Waals surface area contributed by atoms with Crippen LogP contribution in [0.2, 0.25) is 0 Å². The summed E-state index contributed by atoms with van der Waals surface area (Å²) in [5.74, 6) is 1.44. The van der Waals surface area contributed by atoms with Crippen LogP contribution in [0.3, 0.4) is 0 Å². The van der Waals surface area contributed by atoms with Crippen LogP contribution in [0.5, 0.6) is 11.5 Å². The fraction of sp³-hybridized carbons (Fsp3) is 0.412. The Labute approximate surface area is 139 Å². The fourth-order valence-corrected chi connectivity index (χ4v) is 3.74. The van der Waals surface area contributed by atoms with E-state index in [0.717, 1.165) is 27.6 Å². The Kier molecular flexibility index (Phi) is 4.26. The van der Waals surface area contributed by atoms with Crippen LogP contribution in [0.4, 0.5) is 0 Å². The first-order valence-electron chi connectivity index (χ1n) is 7.50. The third kappa shape index (κ3) is 2.91. The number of amides is 1. The maximum Gasteiger partial charge on any atom is 0.273 e. The third-order valence-corrected chi connectivity index (χ3v) is 5.00. The number of aryl methyl sites for hydroxylation is 2. The molecule has 0 N–H and O–H groups in total. The number of methoxy groups -OCH3 is 2. The number of benzene rings is 1. The first kappa shape index (κ1) is 15.8. The molecule has 1 amide bonds. The van der Waals surface area contributed by atoms with Gasteiger partial charge >= 0.3 is 0 Å². The van der Waals surface area contributed by atoms with Crippen molar-refractivity contribution in [3.63, 3.8) is 0 Å². The van der Waals surface area contributed by atoms with Gasteiger partial charge in [-0.3, -0.25) is 4.79 Å². The number of fused-ring (bicyclic) bond motifs is 1. The van der Waals surface area contributed by atoms with E-state index in [1.807, 2.05) is 30.9 Å². The Morgan fingerprint density at radius 1 is 1.17 bits per heavy atom. The zero-order valence-corrected chi connectivity index (χ0v) is 14.6. The van der Waals surface area contributed by atoms with E-state index in [1.54, 1.807) is 25.6 Å². The minimum absolute atomic E-state index is 0.00675. The standard InChI is InChI=1S/C17H20N2O3S/c1-10-16(18-11(2)23-10)17(20)19-6-5-12-7-14(21-3)15(22-4)8-13(12)9-19/h7-8H,5-6,9H2,1-4H3. The van der Waals surface area contributed by atoms with Gasteiger partial charge in [0.05, 0.1) is 19.2 Å². The molecule has 23 heavy (non-hydrogen) atoms. The van der Waals surface area contributed by atoms with Crippen LogP contribution >= 0.6 is 11.3 Å². The number of nitrogens with zero attached hydrogens (tertiary/aromatic N) is 2. The van der Waals surface area contributed by atoms with E-state index in [2.05, 4.69) is 4.98 Å². The third-order valence-electron chi connectivity index (χ3n) is 4.11. The minimum Gasteiger partial charge on any atom is -0.493 e. The first-order valence-corrected chi connectivity index (χ1v) is 8.32. The van der Waals surface area contributed by atoms with Crippen LogP contribution in [-0.2, 0) is 13.0 Å². The number of ether oxygens (including phenoxy) is 2. The van der Waals surface area contributed by atoms with Crippen LogP contribution in [0.25, 0.3) is 0 Å². The zero-order valence-electron chi connectivity index (χ0n) is 13.8.